The number of nitrogen functional groups attached to an aromatic ring is 2. The van der Waals surface area contributed by atoms with Gasteiger partial charge in [0, 0.05) is 28.2 Å². The molecule has 0 fully saturated rings. The molecule has 1 aliphatic heterocycles. The molecule has 0 aromatic heterocycles. The van der Waals surface area contributed by atoms with Crippen LogP contribution >= 0.6 is 0 Å². The summed E-state index contributed by atoms with van der Waals surface area (Å²) in [7, 11) is 0. The highest BCUT2D eigenvalue weighted by Crippen LogP contribution is 2.25. The Morgan fingerprint density at radius 3 is 2.40 bits per heavy atom. The maximum atomic E-state index is 12.4. The molecule has 0 saturated carbocycles. The van der Waals surface area contributed by atoms with Crippen LogP contribution in [0, 0.1) is 0 Å². The fourth-order valence-electron chi connectivity index (χ4n) is 2.34. The van der Waals surface area contributed by atoms with E-state index in [2.05, 4.69) is 5.32 Å². The lowest BCUT2D eigenvalue weighted by molar-refractivity contribution is -0.115. The van der Waals surface area contributed by atoms with Crippen molar-refractivity contribution in [2.45, 2.75) is 6.42 Å². The summed E-state index contributed by atoms with van der Waals surface area (Å²) in [6, 6.07) is 9.94. The van der Waals surface area contributed by atoms with Gasteiger partial charge in [-0.1, -0.05) is 0 Å². The molecule has 0 radical (unpaired) electrons. The third-order valence-electron chi connectivity index (χ3n) is 3.23. The minimum atomic E-state index is -0.161. The monoisotopic (exact) mass is 267 g/mol. The fraction of sp³-hybridized carbons (Fsp3) is 0.0667. The summed E-state index contributed by atoms with van der Waals surface area (Å²) in [6.07, 6.45) is 0.301. The molecule has 2 aromatic rings. The normalized spacial score (nSPS) is 12.9. The largest absolute Gasteiger partial charge is 0.399 e. The summed E-state index contributed by atoms with van der Waals surface area (Å²) in [6.45, 7) is 0. The van der Waals surface area contributed by atoms with Crippen molar-refractivity contribution in [3.8, 4) is 0 Å². The first-order valence-corrected chi connectivity index (χ1v) is 6.16. The summed E-state index contributed by atoms with van der Waals surface area (Å²) in [5, 5.41) is 2.73. The molecule has 0 spiro atoms. The van der Waals surface area contributed by atoms with E-state index in [1.165, 1.54) is 0 Å². The molecule has 0 unspecified atom stereocenters. The second-order valence-corrected chi connectivity index (χ2v) is 4.81. The Balaban J connectivity index is 1.99. The Kier molecular flexibility index (Phi) is 2.68. The zero-order valence-electron chi connectivity index (χ0n) is 10.6. The van der Waals surface area contributed by atoms with E-state index in [0.717, 1.165) is 11.3 Å². The maximum absolute atomic E-state index is 12.4. The summed E-state index contributed by atoms with van der Waals surface area (Å²) in [5.41, 5.74) is 14.9. The second kappa shape index (κ2) is 4.38. The number of carbonyl (C=O) groups is 2. The minimum Gasteiger partial charge on any atom is -0.399 e. The predicted molar refractivity (Wildman–Crippen MR) is 77.5 cm³/mol. The van der Waals surface area contributed by atoms with E-state index in [9.17, 15) is 9.59 Å². The Morgan fingerprint density at radius 1 is 1.00 bits per heavy atom. The van der Waals surface area contributed by atoms with E-state index in [0.29, 0.717) is 28.9 Å². The lowest BCUT2D eigenvalue weighted by atomic mass is 9.99. The van der Waals surface area contributed by atoms with Crippen molar-refractivity contribution in [1.29, 1.82) is 0 Å². The Bertz CT molecular complexity index is 718. The zero-order valence-corrected chi connectivity index (χ0v) is 10.6. The molecular formula is C15H13N3O2. The van der Waals surface area contributed by atoms with E-state index in [1.54, 1.807) is 36.4 Å². The number of ketones is 1. The van der Waals surface area contributed by atoms with Crippen LogP contribution in [-0.4, -0.2) is 11.7 Å². The van der Waals surface area contributed by atoms with Gasteiger partial charge in [-0.2, -0.15) is 0 Å². The van der Waals surface area contributed by atoms with Crippen molar-refractivity contribution in [3.63, 3.8) is 0 Å². The molecule has 1 aliphatic rings. The van der Waals surface area contributed by atoms with Crippen molar-refractivity contribution in [3.05, 3.63) is 53.1 Å². The third kappa shape index (κ3) is 2.09. The highest BCUT2D eigenvalue weighted by molar-refractivity contribution is 6.11. The summed E-state index contributed by atoms with van der Waals surface area (Å²) < 4.78 is 0. The molecule has 0 aliphatic carbocycles. The molecule has 0 bridgehead atoms. The molecule has 1 heterocycles. The van der Waals surface area contributed by atoms with Gasteiger partial charge in [0.15, 0.2) is 5.78 Å². The van der Waals surface area contributed by atoms with E-state index in [4.69, 9.17) is 11.5 Å². The molecule has 5 nitrogen and oxygen atoms in total. The minimum absolute atomic E-state index is 0.0576. The van der Waals surface area contributed by atoms with E-state index in [1.807, 2.05) is 0 Å². The molecule has 5 heteroatoms. The quantitative estimate of drug-likeness (QED) is 0.568. The van der Waals surface area contributed by atoms with Crippen molar-refractivity contribution in [2.75, 3.05) is 16.8 Å². The highest BCUT2D eigenvalue weighted by Gasteiger charge is 2.19. The lowest BCUT2D eigenvalue weighted by Gasteiger charge is -2.06. The number of carbonyl (C=O) groups excluding carboxylic acids is 2. The van der Waals surface area contributed by atoms with Gasteiger partial charge in [0.1, 0.15) is 0 Å². The fourth-order valence-corrected chi connectivity index (χ4v) is 2.34. The number of hydrogen-bond acceptors (Lipinski definition) is 4. The number of amides is 1. The van der Waals surface area contributed by atoms with Crippen LogP contribution in [0.5, 0.6) is 0 Å². The topological polar surface area (TPSA) is 98.2 Å². The number of nitrogens with two attached hydrogens (primary N) is 2. The molecule has 2 aromatic carbocycles. The molecule has 5 N–H and O–H groups in total. The Morgan fingerprint density at radius 2 is 1.70 bits per heavy atom. The van der Waals surface area contributed by atoms with Gasteiger partial charge in [-0.15, -0.1) is 0 Å². The smallest absolute Gasteiger partial charge is 0.228 e. The second-order valence-electron chi connectivity index (χ2n) is 4.81. The van der Waals surface area contributed by atoms with E-state index < -0.39 is 0 Å². The van der Waals surface area contributed by atoms with Crippen LogP contribution in [0.3, 0.4) is 0 Å². The number of hydrogen-bond donors (Lipinski definition) is 3. The first kappa shape index (κ1) is 12.2. The first-order chi connectivity index (χ1) is 9.52. The van der Waals surface area contributed by atoms with Gasteiger partial charge in [0.25, 0.3) is 0 Å². The summed E-state index contributed by atoms with van der Waals surface area (Å²) >= 11 is 0. The number of benzene rings is 2. The number of fused-ring (bicyclic) bond motifs is 1. The number of anilines is 3. The lowest BCUT2D eigenvalue weighted by Crippen LogP contribution is -2.04. The van der Waals surface area contributed by atoms with E-state index >= 15 is 0 Å². The third-order valence-corrected chi connectivity index (χ3v) is 3.23. The molecular weight excluding hydrogens is 254 g/mol. The van der Waals surface area contributed by atoms with Crippen LogP contribution in [0.1, 0.15) is 21.5 Å². The van der Waals surface area contributed by atoms with E-state index in [-0.39, 0.29) is 11.7 Å². The van der Waals surface area contributed by atoms with Gasteiger partial charge >= 0.3 is 0 Å². The predicted octanol–water partition coefficient (Wildman–Crippen LogP) is 1.58. The maximum Gasteiger partial charge on any atom is 0.228 e. The van der Waals surface area contributed by atoms with Crippen LogP contribution < -0.4 is 16.8 Å². The van der Waals surface area contributed by atoms with Crippen molar-refractivity contribution in [2.24, 2.45) is 0 Å². The standard InChI is InChI=1S/C15H13N3O2/c16-11-4-10(5-12(17)7-11)15(20)8-1-2-13-9(3-8)6-14(19)18-13/h1-5,7H,6,16-17H2,(H,18,19). The SMILES string of the molecule is Nc1cc(N)cc(C(=O)c2ccc3c(c2)CC(=O)N3)c1. The average molecular weight is 267 g/mol. The van der Waals surface area contributed by atoms with Gasteiger partial charge in [0.05, 0.1) is 6.42 Å². The molecule has 1 amide bonds. The summed E-state index contributed by atoms with van der Waals surface area (Å²) in [4.78, 5) is 23.7. The highest BCUT2D eigenvalue weighted by atomic mass is 16.1. The average Bonchev–Trinajstić information content (AvgIpc) is 2.75. The molecule has 0 saturated heterocycles. The van der Waals surface area contributed by atoms with Gasteiger partial charge in [-0.05, 0) is 42.0 Å². The van der Waals surface area contributed by atoms with Crippen molar-refractivity contribution >= 4 is 28.8 Å². The van der Waals surface area contributed by atoms with Crippen LogP contribution in [0.25, 0.3) is 0 Å². The number of rotatable bonds is 2. The molecule has 100 valence electrons. The van der Waals surface area contributed by atoms with Gasteiger partial charge in [-0.25, -0.2) is 0 Å². The van der Waals surface area contributed by atoms with Crippen molar-refractivity contribution < 1.29 is 9.59 Å². The Labute approximate surface area is 115 Å². The van der Waals surface area contributed by atoms with Crippen LogP contribution in [-0.2, 0) is 11.2 Å². The Hall–Kier alpha value is -2.82. The van der Waals surface area contributed by atoms with Crippen LogP contribution in [0.15, 0.2) is 36.4 Å². The van der Waals surface area contributed by atoms with Gasteiger partial charge in [0.2, 0.25) is 5.91 Å². The molecule has 3 rings (SSSR count). The summed E-state index contributed by atoms with van der Waals surface area (Å²) in [5.74, 6) is -0.219. The van der Waals surface area contributed by atoms with Crippen LogP contribution in [0.4, 0.5) is 17.1 Å². The number of nitrogens with one attached hydrogen (secondary N) is 1. The zero-order chi connectivity index (χ0) is 14.3. The molecule has 20 heavy (non-hydrogen) atoms. The first-order valence-electron chi connectivity index (χ1n) is 6.16. The van der Waals surface area contributed by atoms with Crippen molar-refractivity contribution in [1.82, 2.24) is 0 Å². The van der Waals surface area contributed by atoms with Gasteiger partial charge in [-0.3, -0.25) is 9.59 Å². The van der Waals surface area contributed by atoms with Gasteiger partial charge < -0.3 is 16.8 Å². The molecule has 0 atom stereocenters. The van der Waals surface area contributed by atoms with Crippen LogP contribution in [0.2, 0.25) is 0 Å².